The van der Waals surface area contributed by atoms with Crippen molar-refractivity contribution in [3.05, 3.63) is 27.6 Å². The third-order valence-electron chi connectivity index (χ3n) is 3.54. The number of anilines is 1. The molecule has 1 aliphatic rings. The quantitative estimate of drug-likeness (QED) is 0.926. The molecule has 0 aliphatic carbocycles. The number of likely N-dealkylation sites (tertiary alicyclic amines) is 1. The van der Waals surface area contributed by atoms with Gasteiger partial charge in [0.15, 0.2) is 0 Å². The van der Waals surface area contributed by atoms with Crippen molar-refractivity contribution in [2.24, 2.45) is 0 Å². The second-order valence-electron chi connectivity index (χ2n) is 5.62. The van der Waals surface area contributed by atoms with Gasteiger partial charge in [-0.05, 0) is 52.9 Å². The van der Waals surface area contributed by atoms with E-state index in [0.29, 0.717) is 10.7 Å². The van der Waals surface area contributed by atoms with Crippen molar-refractivity contribution in [2.75, 3.05) is 25.5 Å². The maximum atomic E-state index is 12.5. The second kappa shape index (κ2) is 5.97. The Bertz CT molecular complexity index is 490. The van der Waals surface area contributed by atoms with E-state index in [1.165, 1.54) is 0 Å². The highest BCUT2D eigenvalue weighted by Crippen LogP contribution is 2.22. The van der Waals surface area contributed by atoms with E-state index in [9.17, 15) is 4.79 Å². The number of nitrogens with one attached hydrogen (secondary N) is 1. The van der Waals surface area contributed by atoms with Gasteiger partial charge in [-0.2, -0.15) is 0 Å². The number of rotatable bonds is 3. The Labute approximate surface area is 119 Å². The van der Waals surface area contributed by atoms with Gasteiger partial charge in [0.2, 0.25) is 0 Å². The summed E-state index contributed by atoms with van der Waals surface area (Å²) in [5.41, 5.74) is 0.633. The largest absolute Gasteiger partial charge is 0.378 e. The number of piperidine rings is 1. The summed E-state index contributed by atoms with van der Waals surface area (Å²) in [6.07, 6.45) is 3.76. The van der Waals surface area contributed by atoms with Crippen LogP contribution >= 0.6 is 11.6 Å². The van der Waals surface area contributed by atoms with Crippen LogP contribution in [0.2, 0.25) is 5.02 Å². The fraction of sp³-hybridized carbons (Fsp3) is 0.643. The third-order valence-corrected chi connectivity index (χ3v) is 3.74. The van der Waals surface area contributed by atoms with Crippen LogP contribution < -0.4 is 10.9 Å². The lowest BCUT2D eigenvalue weighted by molar-refractivity contribution is 0.219. The van der Waals surface area contributed by atoms with Crippen LogP contribution in [0.15, 0.2) is 17.1 Å². The van der Waals surface area contributed by atoms with Gasteiger partial charge in [0.05, 0.1) is 5.02 Å². The van der Waals surface area contributed by atoms with E-state index in [-0.39, 0.29) is 17.6 Å². The van der Waals surface area contributed by atoms with Gasteiger partial charge in [0.25, 0.3) is 5.56 Å². The zero-order chi connectivity index (χ0) is 14.0. The van der Waals surface area contributed by atoms with Crippen LogP contribution in [0.1, 0.15) is 32.7 Å². The average Bonchev–Trinajstić information content (AvgIpc) is 2.34. The van der Waals surface area contributed by atoms with Gasteiger partial charge in [-0.15, -0.1) is 0 Å². The molecule has 2 rings (SSSR count). The van der Waals surface area contributed by atoms with E-state index in [1.54, 1.807) is 16.8 Å². The minimum Gasteiger partial charge on any atom is -0.378 e. The number of hydrogen-bond donors (Lipinski definition) is 1. The van der Waals surface area contributed by atoms with Crippen LogP contribution in [0.3, 0.4) is 0 Å². The molecule has 106 valence electrons. The molecular weight excluding hydrogens is 262 g/mol. The van der Waals surface area contributed by atoms with Crippen molar-refractivity contribution < 1.29 is 0 Å². The van der Waals surface area contributed by atoms with E-state index < -0.39 is 0 Å². The van der Waals surface area contributed by atoms with Gasteiger partial charge in [-0.1, -0.05) is 11.6 Å². The lowest BCUT2D eigenvalue weighted by Crippen LogP contribution is -2.36. The molecule has 1 fully saturated rings. The maximum absolute atomic E-state index is 12.5. The Hall–Kier alpha value is -1.00. The first-order chi connectivity index (χ1) is 8.97. The molecule has 0 saturated carbocycles. The van der Waals surface area contributed by atoms with Gasteiger partial charge in [0.1, 0.15) is 5.69 Å². The van der Waals surface area contributed by atoms with Crippen LogP contribution in [0.4, 0.5) is 5.69 Å². The number of pyridine rings is 1. The lowest BCUT2D eigenvalue weighted by atomic mass is 10.1. The van der Waals surface area contributed by atoms with Crippen LogP contribution in [0, 0.1) is 0 Å². The van der Waals surface area contributed by atoms with Crippen molar-refractivity contribution in [1.82, 2.24) is 9.47 Å². The van der Waals surface area contributed by atoms with Crippen LogP contribution in [0.25, 0.3) is 0 Å². The Morgan fingerprint density at radius 2 is 2.00 bits per heavy atom. The zero-order valence-electron chi connectivity index (χ0n) is 11.8. The van der Waals surface area contributed by atoms with Gasteiger partial charge < -0.3 is 14.8 Å². The molecule has 4 nitrogen and oxygen atoms in total. The molecule has 0 unspecified atom stereocenters. The molecule has 0 aromatic carbocycles. The Morgan fingerprint density at radius 1 is 1.37 bits per heavy atom. The SMILES string of the molecule is CC(C)Nc1cc(Cl)cn(C2CCN(C)CC2)c1=O. The molecule has 0 atom stereocenters. The first-order valence-electron chi connectivity index (χ1n) is 6.84. The first-order valence-corrected chi connectivity index (χ1v) is 7.22. The highest BCUT2D eigenvalue weighted by atomic mass is 35.5. The summed E-state index contributed by atoms with van der Waals surface area (Å²) in [6, 6.07) is 2.20. The molecular formula is C14H22ClN3O. The summed E-state index contributed by atoms with van der Waals surface area (Å²) in [7, 11) is 2.11. The number of aromatic nitrogens is 1. The van der Waals surface area contributed by atoms with E-state index in [0.717, 1.165) is 25.9 Å². The van der Waals surface area contributed by atoms with Gasteiger partial charge in [-0.25, -0.2) is 0 Å². The molecule has 1 aromatic rings. The summed E-state index contributed by atoms with van der Waals surface area (Å²) in [6.45, 7) is 6.08. The van der Waals surface area contributed by atoms with Crippen molar-refractivity contribution in [2.45, 2.75) is 38.8 Å². The standard InChI is InChI=1S/C14H22ClN3O/c1-10(2)16-13-8-11(15)9-18(14(13)19)12-4-6-17(3)7-5-12/h8-10,12,16H,4-7H2,1-3H3. The molecule has 1 aromatic heterocycles. The predicted octanol–water partition coefficient (Wildman–Crippen LogP) is 2.59. The fourth-order valence-corrected chi connectivity index (χ4v) is 2.74. The number of hydrogen-bond acceptors (Lipinski definition) is 3. The summed E-state index contributed by atoms with van der Waals surface area (Å²) >= 11 is 6.14. The van der Waals surface area contributed by atoms with Gasteiger partial charge >= 0.3 is 0 Å². The van der Waals surface area contributed by atoms with Crippen molar-refractivity contribution in [3.63, 3.8) is 0 Å². The number of nitrogens with zero attached hydrogens (tertiary/aromatic N) is 2. The monoisotopic (exact) mass is 283 g/mol. The summed E-state index contributed by atoms with van der Waals surface area (Å²) in [5.74, 6) is 0. The maximum Gasteiger partial charge on any atom is 0.274 e. The molecule has 5 heteroatoms. The van der Waals surface area contributed by atoms with E-state index in [1.807, 2.05) is 13.8 Å². The van der Waals surface area contributed by atoms with E-state index >= 15 is 0 Å². The summed E-state index contributed by atoms with van der Waals surface area (Å²) in [5, 5.41) is 3.79. The second-order valence-corrected chi connectivity index (χ2v) is 6.05. The number of halogens is 1. The normalized spacial score (nSPS) is 17.9. The third kappa shape index (κ3) is 3.51. The zero-order valence-corrected chi connectivity index (χ0v) is 12.6. The van der Waals surface area contributed by atoms with E-state index in [2.05, 4.69) is 17.3 Å². The molecule has 0 radical (unpaired) electrons. The molecule has 2 heterocycles. The topological polar surface area (TPSA) is 37.3 Å². The minimum absolute atomic E-state index is 0.0349. The van der Waals surface area contributed by atoms with Crippen molar-refractivity contribution >= 4 is 17.3 Å². The fourth-order valence-electron chi connectivity index (χ4n) is 2.53. The highest BCUT2D eigenvalue weighted by Gasteiger charge is 2.20. The van der Waals surface area contributed by atoms with E-state index in [4.69, 9.17) is 11.6 Å². The molecule has 0 amide bonds. The van der Waals surface area contributed by atoms with Gasteiger partial charge in [0, 0.05) is 18.3 Å². The first kappa shape index (κ1) is 14.4. The summed E-state index contributed by atoms with van der Waals surface area (Å²) in [4.78, 5) is 14.8. The Balaban J connectivity index is 2.30. The van der Waals surface area contributed by atoms with Crippen LogP contribution in [-0.4, -0.2) is 35.6 Å². The smallest absolute Gasteiger partial charge is 0.274 e. The van der Waals surface area contributed by atoms with Crippen molar-refractivity contribution in [1.29, 1.82) is 0 Å². The highest BCUT2D eigenvalue weighted by molar-refractivity contribution is 6.30. The van der Waals surface area contributed by atoms with Crippen LogP contribution in [0.5, 0.6) is 0 Å². The molecule has 0 spiro atoms. The van der Waals surface area contributed by atoms with Gasteiger partial charge in [-0.3, -0.25) is 4.79 Å². The molecule has 1 saturated heterocycles. The Kier molecular flexibility index (Phi) is 4.53. The predicted molar refractivity (Wildman–Crippen MR) is 80.2 cm³/mol. The molecule has 1 N–H and O–H groups in total. The Morgan fingerprint density at radius 3 is 2.58 bits per heavy atom. The summed E-state index contributed by atoms with van der Waals surface area (Å²) < 4.78 is 1.81. The molecule has 1 aliphatic heterocycles. The van der Waals surface area contributed by atoms with Crippen molar-refractivity contribution in [3.8, 4) is 0 Å². The average molecular weight is 284 g/mol. The van der Waals surface area contributed by atoms with Crippen LogP contribution in [-0.2, 0) is 0 Å². The minimum atomic E-state index is 0.0349. The molecule has 19 heavy (non-hydrogen) atoms. The molecule has 0 bridgehead atoms. The lowest BCUT2D eigenvalue weighted by Gasteiger charge is -2.30.